The van der Waals surface area contributed by atoms with Gasteiger partial charge in [-0.15, -0.1) is 11.8 Å². The first-order valence-electron chi connectivity index (χ1n) is 7.90. The van der Waals surface area contributed by atoms with Crippen LogP contribution in [0.1, 0.15) is 64.5 Å². The molecule has 20 heavy (non-hydrogen) atoms. The Balaban J connectivity index is 1.91. The average molecular weight is 292 g/mol. The van der Waals surface area contributed by atoms with Crippen molar-refractivity contribution in [3.05, 3.63) is 29.8 Å². The van der Waals surface area contributed by atoms with Crippen LogP contribution >= 0.6 is 11.8 Å². The van der Waals surface area contributed by atoms with Crippen molar-refractivity contribution in [3.8, 4) is 0 Å². The van der Waals surface area contributed by atoms with Gasteiger partial charge in [0.15, 0.2) is 0 Å². The summed E-state index contributed by atoms with van der Waals surface area (Å²) in [5, 5.41) is 3.84. The Hall–Kier alpha value is -0.470. The van der Waals surface area contributed by atoms with E-state index in [1.807, 2.05) is 0 Å². The number of thioether (sulfide) groups is 1. The molecule has 1 aromatic rings. The van der Waals surface area contributed by atoms with Crippen molar-refractivity contribution in [1.29, 1.82) is 0 Å². The normalized spacial score (nSPS) is 24.1. The molecule has 1 nitrogen and oxygen atoms in total. The van der Waals surface area contributed by atoms with Gasteiger partial charge in [-0.1, -0.05) is 32.4 Å². The monoisotopic (exact) mass is 291 g/mol. The lowest BCUT2D eigenvalue weighted by Gasteiger charge is -2.24. The van der Waals surface area contributed by atoms with Crippen LogP contribution in [0.3, 0.4) is 0 Å². The number of benzene rings is 1. The highest BCUT2D eigenvalue weighted by Crippen LogP contribution is 2.34. The van der Waals surface area contributed by atoms with E-state index in [-0.39, 0.29) is 0 Å². The predicted molar refractivity (Wildman–Crippen MR) is 90.4 cm³/mol. The molecule has 1 fully saturated rings. The van der Waals surface area contributed by atoms with Gasteiger partial charge in [-0.2, -0.15) is 0 Å². The summed E-state index contributed by atoms with van der Waals surface area (Å²) in [6.45, 7) is 7.13. The van der Waals surface area contributed by atoms with E-state index >= 15 is 0 Å². The van der Waals surface area contributed by atoms with Crippen LogP contribution in [0.4, 0.5) is 0 Å². The number of hydrogen-bond acceptors (Lipinski definition) is 2. The summed E-state index contributed by atoms with van der Waals surface area (Å²) in [7, 11) is 0. The Morgan fingerprint density at radius 2 is 1.85 bits per heavy atom. The second-order valence-electron chi connectivity index (χ2n) is 6.95. The molecule has 2 heteroatoms. The highest BCUT2D eigenvalue weighted by Gasteiger charge is 2.25. The predicted octanol–water partition coefficient (Wildman–Crippen LogP) is 5.42. The quantitative estimate of drug-likeness (QED) is 0.587. The van der Waals surface area contributed by atoms with Crippen molar-refractivity contribution in [2.24, 2.45) is 5.41 Å². The van der Waals surface area contributed by atoms with Gasteiger partial charge in [0.25, 0.3) is 0 Å². The fourth-order valence-electron chi connectivity index (χ4n) is 3.17. The Labute approximate surface area is 128 Å². The summed E-state index contributed by atoms with van der Waals surface area (Å²) in [4.78, 5) is 1.34. The first-order chi connectivity index (χ1) is 9.50. The molecule has 0 amide bonds. The van der Waals surface area contributed by atoms with E-state index in [2.05, 4.69) is 56.6 Å². The molecule has 0 bridgehead atoms. The van der Waals surface area contributed by atoms with Crippen LogP contribution in [-0.2, 0) is 0 Å². The topological polar surface area (TPSA) is 12.0 Å². The van der Waals surface area contributed by atoms with Crippen molar-refractivity contribution in [2.45, 2.75) is 69.9 Å². The van der Waals surface area contributed by atoms with Gasteiger partial charge in [-0.25, -0.2) is 0 Å². The molecule has 0 aromatic heterocycles. The standard InChI is InChI=1S/C18H29NS/c1-14(15-7-9-17(20-4)10-8-15)19-16-6-5-12-18(2,3)13-11-16/h7-10,14,16,19H,5-6,11-13H2,1-4H3. The highest BCUT2D eigenvalue weighted by atomic mass is 32.2. The van der Waals surface area contributed by atoms with E-state index in [0.717, 1.165) is 0 Å². The zero-order valence-electron chi connectivity index (χ0n) is 13.4. The average Bonchev–Trinajstić information content (AvgIpc) is 2.60. The number of nitrogens with one attached hydrogen (secondary N) is 1. The third-order valence-electron chi connectivity index (χ3n) is 4.68. The molecule has 2 atom stereocenters. The van der Waals surface area contributed by atoms with Crippen LogP contribution < -0.4 is 5.32 Å². The molecule has 1 aliphatic rings. The lowest BCUT2D eigenvalue weighted by atomic mass is 9.85. The zero-order valence-corrected chi connectivity index (χ0v) is 14.2. The highest BCUT2D eigenvalue weighted by molar-refractivity contribution is 7.98. The zero-order chi connectivity index (χ0) is 14.6. The van der Waals surface area contributed by atoms with Crippen LogP contribution in [0.15, 0.2) is 29.2 Å². The van der Waals surface area contributed by atoms with E-state index in [9.17, 15) is 0 Å². The SMILES string of the molecule is CSc1ccc(C(C)NC2CCCC(C)(C)CC2)cc1. The first kappa shape index (κ1) is 15.9. The molecular weight excluding hydrogens is 262 g/mol. The Morgan fingerprint density at radius 3 is 2.50 bits per heavy atom. The van der Waals surface area contributed by atoms with Crippen molar-refractivity contribution >= 4 is 11.8 Å². The molecule has 0 heterocycles. The third kappa shape index (κ3) is 4.53. The van der Waals surface area contributed by atoms with E-state index in [1.54, 1.807) is 11.8 Å². The summed E-state index contributed by atoms with van der Waals surface area (Å²) in [6.07, 6.45) is 8.87. The molecule has 2 unspecified atom stereocenters. The minimum Gasteiger partial charge on any atom is -0.307 e. The van der Waals surface area contributed by atoms with Crippen molar-refractivity contribution in [2.75, 3.05) is 6.26 Å². The molecular formula is C18H29NS. The molecule has 1 aliphatic carbocycles. The molecule has 0 saturated heterocycles. The molecule has 1 N–H and O–H groups in total. The van der Waals surface area contributed by atoms with Gasteiger partial charge < -0.3 is 5.32 Å². The smallest absolute Gasteiger partial charge is 0.0294 e. The van der Waals surface area contributed by atoms with Crippen molar-refractivity contribution < 1.29 is 0 Å². The van der Waals surface area contributed by atoms with Crippen LogP contribution in [-0.4, -0.2) is 12.3 Å². The molecule has 1 aromatic carbocycles. The van der Waals surface area contributed by atoms with Crippen molar-refractivity contribution in [3.63, 3.8) is 0 Å². The molecule has 2 rings (SSSR count). The lowest BCUT2D eigenvalue weighted by molar-refractivity contribution is 0.307. The first-order valence-corrected chi connectivity index (χ1v) is 9.13. The molecule has 0 radical (unpaired) electrons. The maximum Gasteiger partial charge on any atom is 0.0294 e. The van der Waals surface area contributed by atoms with Crippen LogP contribution in [0.5, 0.6) is 0 Å². The summed E-state index contributed by atoms with van der Waals surface area (Å²) in [5.74, 6) is 0. The molecule has 0 aliphatic heterocycles. The molecule has 0 spiro atoms. The Bertz CT molecular complexity index is 410. The van der Waals surface area contributed by atoms with Gasteiger partial charge in [0, 0.05) is 17.0 Å². The Kier molecular flexibility index (Phi) is 5.57. The van der Waals surface area contributed by atoms with E-state index in [1.165, 1.54) is 42.6 Å². The van der Waals surface area contributed by atoms with E-state index in [0.29, 0.717) is 17.5 Å². The van der Waals surface area contributed by atoms with Gasteiger partial charge in [0.05, 0.1) is 0 Å². The lowest BCUT2D eigenvalue weighted by Crippen LogP contribution is -2.31. The summed E-state index contributed by atoms with van der Waals surface area (Å²) >= 11 is 1.81. The van der Waals surface area contributed by atoms with Gasteiger partial charge in [0.2, 0.25) is 0 Å². The van der Waals surface area contributed by atoms with Crippen molar-refractivity contribution in [1.82, 2.24) is 5.32 Å². The maximum atomic E-state index is 3.84. The van der Waals surface area contributed by atoms with Gasteiger partial charge in [0.1, 0.15) is 0 Å². The summed E-state index contributed by atoms with van der Waals surface area (Å²) < 4.78 is 0. The minimum absolute atomic E-state index is 0.456. The second kappa shape index (κ2) is 7.00. The van der Waals surface area contributed by atoms with Gasteiger partial charge >= 0.3 is 0 Å². The van der Waals surface area contributed by atoms with Crippen LogP contribution in [0.2, 0.25) is 0 Å². The summed E-state index contributed by atoms with van der Waals surface area (Å²) in [5.41, 5.74) is 1.95. The van der Waals surface area contributed by atoms with Crippen LogP contribution in [0, 0.1) is 5.41 Å². The largest absolute Gasteiger partial charge is 0.307 e. The number of hydrogen-bond donors (Lipinski definition) is 1. The third-order valence-corrected chi connectivity index (χ3v) is 5.42. The summed E-state index contributed by atoms with van der Waals surface area (Å²) in [6, 6.07) is 10.1. The minimum atomic E-state index is 0.456. The fraction of sp³-hybridized carbons (Fsp3) is 0.667. The number of rotatable bonds is 4. The molecule has 112 valence electrons. The maximum absolute atomic E-state index is 3.84. The molecule has 1 saturated carbocycles. The van der Waals surface area contributed by atoms with E-state index in [4.69, 9.17) is 0 Å². The fourth-order valence-corrected chi connectivity index (χ4v) is 3.58. The second-order valence-corrected chi connectivity index (χ2v) is 7.83. The van der Waals surface area contributed by atoms with Gasteiger partial charge in [-0.05, 0) is 62.0 Å². The Morgan fingerprint density at radius 1 is 1.15 bits per heavy atom. The van der Waals surface area contributed by atoms with E-state index < -0.39 is 0 Å². The van der Waals surface area contributed by atoms with Gasteiger partial charge in [-0.3, -0.25) is 0 Å². The van der Waals surface area contributed by atoms with Crippen LogP contribution in [0.25, 0.3) is 0 Å².